The monoisotopic (exact) mass is 367 g/mol. The van der Waals surface area contributed by atoms with Crippen LogP contribution in [0.3, 0.4) is 0 Å². The number of piperidine rings is 1. The largest absolute Gasteiger partial charge is 0.508 e. The number of carbonyl (C=O) groups excluding carboxylic acids is 2. The van der Waals surface area contributed by atoms with Gasteiger partial charge in [-0.3, -0.25) is 9.59 Å². The van der Waals surface area contributed by atoms with E-state index < -0.39 is 0 Å². The van der Waals surface area contributed by atoms with E-state index in [1.165, 1.54) is 12.1 Å². The van der Waals surface area contributed by atoms with Gasteiger partial charge in [0.2, 0.25) is 5.91 Å². The van der Waals surface area contributed by atoms with Gasteiger partial charge in [-0.15, -0.1) is 12.4 Å². The number of carbonyl (C=O) groups is 2. The van der Waals surface area contributed by atoms with Gasteiger partial charge in [-0.05, 0) is 50.6 Å². The average Bonchev–Trinajstić information content (AvgIpc) is 2.61. The fourth-order valence-corrected chi connectivity index (χ4v) is 3.53. The zero-order chi connectivity index (χ0) is 17.1. The standard InChI is InChI=1S/C18H25N3O3.ClH/c1-13-12-15(6-7-19-13)18(24)21-10-8-20(9-11-21)17(23)14-2-4-16(22)5-3-14;/h2-5,13,15,19,22H,6-12H2,1H3;1H/t13-,15-;/m0./s1. The molecule has 138 valence electrons. The Balaban J connectivity index is 0.00000225. The Hall–Kier alpha value is -1.79. The summed E-state index contributed by atoms with van der Waals surface area (Å²) >= 11 is 0. The number of phenolic OH excluding ortho intramolecular Hbond substituents is 1. The van der Waals surface area contributed by atoms with Crippen molar-refractivity contribution in [2.24, 2.45) is 5.92 Å². The summed E-state index contributed by atoms with van der Waals surface area (Å²) in [4.78, 5) is 28.8. The highest BCUT2D eigenvalue weighted by atomic mass is 35.5. The van der Waals surface area contributed by atoms with Crippen LogP contribution in [-0.2, 0) is 4.79 Å². The van der Waals surface area contributed by atoms with Gasteiger partial charge in [-0.2, -0.15) is 0 Å². The quantitative estimate of drug-likeness (QED) is 0.830. The van der Waals surface area contributed by atoms with Gasteiger partial charge < -0.3 is 20.2 Å². The fraction of sp³-hybridized carbons (Fsp3) is 0.556. The molecule has 2 aliphatic rings. The SMILES string of the molecule is C[C@H]1C[C@@H](C(=O)N2CCN(C(=O)c3ccc(O)cc3)CC2)CCN1.Cl. The van der Waals surface area contributed by atoms with E-state index in [0.717, 1.165) is 19.4 Å². The van der Waals surface area contributed by atoms with Crippen LogP contribution in [0.1, 0.15) is 30.1 Å². The van der Waals surface area contributed by atoms with Crippen molar-refractivity contribution in [3.8, 4) is 5.75 Å². The van der Waals surface area contributed by atoms with Crippen LogP contribution in [0.15, 0.2) is 24.3 Å². The fourth-order valence-electron chi connectivity index (χ4n) is 3.53. The van der Waals surface area contributed by atoms with Crippen LogP contribution in [-0.4, -0.2) is 65.5 Å². The van der Waals surface area contributed by atoms with Crippen LogP contribution in [0.2, 0.25) is 0 Å². The number of amides is 2. The van der Waals surface area contributed by atoms with Crippen molar-refractivity contribution in [2.45, 2.75) is 25.8 Å². The number of hydrogen-bond donors (Lipinski definition) is 2. The molecule has 2 N–H and O–H groups in total. The smallest absolute Gasteiger partial charge is 0.253 e. The minimum absolute atomic E-state index is 0. The Labute approximate surface area is 154 Å². The molecule has 2 atom stereocenters. The topological polar surface area (TPSA) is 72.9 Å². The van der Waals surface area contributed by atoms with E-state index in [0.29, 0.717) is 37.8 Å². The molecule has 0 saturated carbocycles. The maximum Gasteiger partial charge on any atom is 0.253 e. The molecule has 25 heavy (non-hydrogen) atoms. The molecule has 3 rings (SSSR count). The van der Waals surface area contributed by atoms with E-state index in [-0.39, 0.29) is 35.9 Å². The van der Waals surface area contributed by atoms with Gasteiger partial charge in [0.25, 0.3) is 5.91 Å². The highest BCUT2D eigenvalue weighted by molar-refractivity contribution is 5.94. The average molecular weight is 368 g/mol. The summed E-state index contributed by atoms with van der Waals surface area (Å²) in [6.07, 6.45) is 1.79. The van der Waals surface area contributed by atoms with E-state index in [1.807, 2.05) is 4.90 Å². The van der Waals surface area contributed by atoms with Crippen molar-refractivity contribution in [1.29, 1.82) is 0 Å². The van der Waals surface area contributed by atoms with Gasteiger partial charge in [0.05, 0.1) is 0 Å². The van der Waals surface area contributed by atoms with Crippen LogP contribution < -0.4 is 5.32 Å². The highest BCUT2D eigenvalue weighted by Gasteiger charge is 2.31. The summed E-state index contributed by atoms with van der Waals surface area (Å²) in [5.74, 6) is 0.455. The molecule has 0 aliphatic carbocycles. The molecular weight excluding hydrogens is 342 g/mol. The van der Waals surface area contributed by atoms with Crippen molar-refractivity contribution in [2.75, 3.05) is 32.7 Å². The van der Waals surface area contributed by atoms with Crippen molar-refractivity contribution in [1.82, 2.24) is 15.1 Å². The molecular formula is C18H26ClN3O3. The Kier molecular flexibility index (Phi) is 6.67. The summed E-state index contributed by atoms with van der Waals surface area (Å²) in [5.41, 5.74) is 0.569. The lowest BCUT2D eigenvalue weighted by atomic mass is 9.92. The van der Waals surface area contributed by atoms with Crippen molar-refractivity contribution < 1.29 is 14.7 Å². The maximum absolute atomic E-state index is 12.6. The van der Waals surface area contributed by atoms with Gasteiger partial charge in [0.1, 0.15) is 5.75 Å². The van der Waals surface area contributed by atoms with Crippen molar-refractivity contribution in [3.05, 3.63) is 29.8 Å². The van der Waals surface area contributed by atoms with Gasteiger partial charge in [0.15, 0.2) is 0 Å². The molecule has 0 spiro atoms. The Morgan fingerprint density at radius 2 is 1.68 bits per heavy atom. The molecule has 2 amide bonds. The Bertz CT molecular complexity index is 600. The van der Waals surface area contributed by atoms with E-state index in [1.54, 1.807) is 17.0 Å². The summed E-state index contributed by atoms with van der Waals surface area (Å²) < 4.78 is 0. The van der Waals surface area contributed by atoms with Crippen LogP contribution in [0, 0.1) is 5.92 Å². The van der Waals surface area contributed by atoms with Crippen molar-refractivity contribution in [3.63, 3.8) is 0 Å². The first-order valence-corrected chi connectivity index (χ1v) is 8.65. The first kappa shape index (κ1) is 19.5. The molecule has 0 aromatic heterocycles. The van der Waals surface area contributed by atoms with Crippen LogP contribution in [0.25, 0.3) is 0 Å². The van der Waals surface area contributed by atoms with E-state index >= 15 is 0 Å². The molecule has 2 aliphatic heterocycles. The second kappa shape index (κ2) is 8.54. The number of hydrogen-bond acceptors (Lipinski definition) is 4. The number of benzene rings is 1. The van der Waals surface area contributed by atoms with Crippen LogP contribution in [0.5, 0.6) is 5.75 Å². The second-order valence-corrected chi connectivity index (χ2v) is 6.74. The molecule has 2 fully saturated rings. The number of nitrogens with one attached hydrogen (secondary N) is 1. The third kappa shape index (κ3) is 4.64. The molecule has 7 heteroatoms. The lowest BCUT2D eigenvalue weighted by Crippen LogP contribution is -2.53. The van der Waals surface area contributed by atoms with E-state index in [4.69, 9.17) is 0 Å². The third-order valence-electron chi connectivity index (χ3n) is 4.97. The summed E-state index contributed by atoms with van der Waals surface area (Å²) in [6, 6.07) is 6.69. The second-order valence-electron chi connectivity index (χ2n) is 6.74. The molecule has 0 bridgehead atoms. The lowest BCUT2D eigenvalue weighted by molar-refractivity contribution is -0.138. The van der Waals surface area contributed by atoms with Crippen molar-refractivity contribution >= 4 is 24.2 Å². The number of nitrogens with zero attached hydrogens (tertiary/aromatic N) is 2. The molecule has 0 unspecified atom stereocenters. The zero-order valence-corrected chi connectivity index (χ0v) is 15.3. The normalized spacial score (nSPS) is 23.7. The number of rotatable bonds is 2. The predicted octanol–water partition coefficient (Wildman–Crippen LogP) is 1.49. The molecule has 6 nitrogen and oxygen atoms in total. The Morgan fingerprint density at radius 3 is 2.28 bits per heavy atom. The number of phenols is 1. The lowest BCUT2D eigenvalue weighted by Gasteiger charge is -2.38. The Morgan fingerprint density at radius 1 is 1.08 bits per heavy atom. The van der Waals surface area contributed by atoms with Crippen LogP contribution in [0.4, 0.5) is 0 Å². The first-order valence-electron chi connectivity index (χ1n) is 8.65. The van der Waals surface area contributed by atoms with Gasteiger partial charge in [-0.25, -0.2) is 0 Å². The summed E-state index contributed by atoms with van der Waals surface area (Å²) in [7, 11) is 0. The maximum atomic E-state index is 12.6. The molecule has 1 aromatic carbocycles. The number of piperazine rings is 1. The number of aromatic hydroxyl groups is 1. The minimum Gasteiger partial charge on any atom is -0.508 e. The van der Waals surface area contributed by atoms with E-state index in [2.05, 4.69) is 12.2 Å². The molecule has 2 saturated heterocycles. The van der Waals surface area contributed by atoms with Crippen LogP contribution >= 0.6 is 12.4 Å². The zero-order valence-electron chi connectivity index (χ0n) is 14.5. The summed E-state index contributed by atoms with van der Waals surface area (Å²) in [6.45, 7) is 5.34. The predicted molar refractivity (Wildman–Crippen MR) is 98.0 cm³/mol. The third-order valence-corrected chi connectivity index (χ3v) is 4.97. The van der Waals surface area contributed by atoms with Gasteiger partial charge >= 0.3 is 0 Å². The van der Waals surface area contributed by atoms with Gasteiger partial charge in [0, 0.05) is 43.7 Å². The first-order chi connectivity index (χ1) is 11.5. The van der Waals surface area contributed by atoms with E-state index in [9.17, 15) is 14.7 Å². The molecule has 1 aromatic rings. The number of halogens is 1. The molecule has 2 heterocycles. The molecule has 0 radical (unpaired) electrons. The highest BCUT2D eigenvalue weighted by Crippen LogP contribution is 2.20. The summed E-state index contributed by atoms with van der Waals surface area (Å²) in [5, 5.41) is 12.7. The van der Waals surface area contributed by atoms with Gasteiger partial charge in [-0.1, -0.05) is 0 Å². The minimum atomic E-state index is -0.0439.